The van der Waals surface area contributed by atoms with Crippen molar-refractivity contribution >= 4 is 11.6 Å². The predicted octanol–water partition coefficient (Wildman–Crippen LogP) is 4.38. The van der Waals surface area contributed by atoms with Gasteiger partial charge in [0.2, 0.25) is 5.88 Å². The van der Waals surface area contributed by atoms with Crippen LogP contribution in [-0.4, -0.2) is 54.3 Å². The molecule has 1 aromatic carbocycles. The van der Waals surface area contributed by atoms with Crippen LogP contribution in [0.25, 0.3) is 28.0 Å². The second kappa shape index (κ2) is 9.53. The molecule has 4 rings (SSSR count). The Balaban J connectivity index is 1.75. The van der Waals surface area contributed by atoms with Gasteiger partial charge in [-0.2, -0.15) is 13.2 Å². The van der Waals surface area contributed by atoms with Crippen molar-refractivity contribution in [2.24, 2.45) is 0 Å². The standard InChI is InChI=1S/C24H21F3N4O4/c1-33-18-9-15(10-19(34-2)21(18)22(32)30-13-24(25,26)27)17-12-29-20-11-14(6-8-31(17)20)16-5-4-7-28-23(16)35-3/h4-12H,13H2,1-3H3,(H,30,32). The number of pyridine rings is 2. The SMILES string of the molecule is COc1cc(-c2cnc3cc(-c4cccnc4OC)ccn23)cc(OC)c1C(=O)NCC(F)(F)F. The van der Waals surface area contributed by atoms with Crippen molar-refractivity contribution in [3.05, 3.63) is 60.6 Å². The Bertz CT molecular complexity index is 1360. The molecule has 0 fully saturated rings. The molecule has 11 heteroatoms. The highest BCUT2D eigenvalue weighted by molar-refractivity contribution is 6.00. The van der Waals surface area contributed by atoms with E-state index in [1.807, 2.05) is 40.2 Å². The molecule has 0 saturated heterocycles. The van der Waals surface area contributed by atoms with E-state index in [9.17, 15) is 18.0 Å². The number of carbonyl (C=O) groups is 1. The number of alkyl halides is 3. The van der Waals surface area contributed by atoms with Gasteiger partial charge >= 0.3 is 6.18 Å². The molecule has 0 atom stereocenters. The number of benzene rings is 1. The van der Waals surface area contributed by atoms with Crippen LogP contribution >= 0.6 is 0 Å². The van der Waals surface area contributed by atoms with Crippen LogP contribution in [0.5, 0.6) is 17.4 Å². The maximum atomic E-state index is 12.6. The third kappa shape index (κ3) is 4.84. The van der Waals surface area contributed by atoms with Gasteiger partial charge in [0.05, 0.1) is 33.2 Å². The van der Waals surface area contributed by atoms with Crippen molar-refractivity contribution in [1.82, 2.24) is 19.7 Å². The summed E-state index contributed by atoms with van der Waals surface area (Å²) in [4.78, 5) is 21.2. The minimum absolute atomic E-state index is 0.0608. The highest BCUT2D eigenvalue weighted by atomic mass is 19.4. The van der Waals surface area contributed by atoms with Crippen molar-refractivity contribution in [2.75, 3.05) is 27.9 Å². The van der Waals surface area contributed by atoms with Crippen LogP contribution in [0.4, 0.5) is 13.2 Å². The molecule has 0 aliphatic rings. The van der Waals surface area contributed by atoms with Crippen LogP contribution < -0.4 is 19.5 Å². The minimum Gasteiger partial charge on any atom is -0.496 e. The summed E-state index contributed by atoms with van der Waals surface area (Å²) in [6, 6.07) is 10.5. The van der Waals surface area contributed by atoms with Crippen LogP contribution in [0.1, 0.15) is 10.4 Å². The number of carbonyl (C=O) groups excluding carboxylic acids is 1. The van der Waals surface area contributed by atoms with Gasteiger partial charge in [0.15, 0.2) is 0 Å². The third-order valence-corrected chi connectivity index (χ3v) is 5.27. The quantitative estimate of drug-likeness (QED) is 0.417. The molecule has 0 aliphatic carbocycles. The fourth-order valence-electron chi connectivity index (χ4n) is 3.69. The molecule has 1 amide bonds. The van der Waals surface area contributed by atoms with E-state index >= 15 is 0 Å². The van der Waals surface area contributed by atoms with Gasteiger partial charge in [-0.15, -0.1) is 0 Å². The van der Waals surface area contributed by atoms with Gasteiger partial charge in [-0.3, -0.25) is 9.20 Å². The summed E-state index contributed by atoms with van der Waals surface area (Å²) in [5.41, 5.74) is 3.40. The van der Waals surface area contributed by atoms with Gasteiger partial charge in [-0.1, -0.05) is 0 Å². The number of nitrogens with one attached hydrogen (secondary N) is 1. The molecule has 182 valence electrons. The van der Waals surface area contributed by atoms with Crippen molar-refractivity contribution in [1.29, 1.82) is 0 Å². The summed E-state index contributed by atoms with van der Waals surface area (Å²) in [5, 5.41) is 1.85. The van der Waals surface area contributed by atoms with E-state index in [4.69, 9.17) is 14.2 Å². The minimum atomic E-state index is -4.55. The van der Waals surface area contributed by atoms with Gasteiger partial charge in [0.25, 0.3) is 5.91 Å². The molecular formula is C24H21F3N4O4. The van der Waals surface area contributed by atoms with Crippen molar-refractivity contribution in [2.45, 2.75) is 6.18 Å². The first kappa shape index (κ1) is 23.9. The fourth-order valence-corrected chi connectivity index (χ4v) is 3.69. The molecule has 1 N–H and O–H groups in total. The maximum Gasteiger partial charge on any atom is 0.405 e. The molecule has 0 aliphatic heterocycles. The smallest absolute Gasteiger partial charge is 0.405 e. The predicted molar refractivity (Wildman–Crippen MR) is 122 cm³/mol. The molecule has 8 nitrogen and oxygen atoms in total. The summed E-state index contributed by atoms with van der Waals surface area (Å²) < 4.78 is 55.5. The Kier molecular flexibility index (Phi) is 6.50. The summed E-state index contributed by atoms with van der Waals surface area (Å²) in [5.74, 6) is -0.357. The number of imidazole rings is 1. The molecule has 0 unspecified atom stereocenters. The number of fused-ring (bicyclic) bond motifs is 1. The summed E-state index contributed by atoms with van der Waals surface area (Å²) in [6.45, 7) is -1.47. The number of rotatable bonds is 7. The number of hydrogen-bond acceptors (Lipinski definition) is 6. The monoisotopic (exact) mass is 486 g/mol. The van der Waals surface area contributed by atoms with E-state index in [1.54, 1.807) is 31.6 Å². The Hall–Kier alpha value is -4.28. The van der Waals surface area contributed by atoms with Crippen LogP contribution in [0.2, 0.25) is 0 Å². The highest BCUT2D eigenvalue weighted by Gasteiger charge is 2.30. The number of nitrogens with zero attached hydrogens (tertiary/aromatic N) is 3. The van der Waals surface area contributed by atoms with Gasteiger partial charge in [0, 0.05) is 23.5 Å². The Morgan fingerprint density at radius 3 is 2.34 bits per heavy atom. The summed E-state index contributed by atoms with van der Waals surface area (Å²) in [7, 11) is 4.19. The zero-order valence-electron chi connectivity index (χ0n) is 19.0. The number of amides is 1. The van der Waals surface area contributed by atoms with Gasteiger partial charge in [0.1, 0.15) is 29.3 Å². The second-order valence-electron chi connectivity index (χ2n) is 7.40. The van der Waals surface area contributed by atoms with Crippen LogP contribution in [0, 0.1) is 0 Å². The molecule has 0 spiro atoms. The van der Waals surface area contributed by atoms with Crippen LogP contribution in [0.15, 0.2) is 55.0 Å². The van der Waals surface area contributed by atoms with Gasteiger partial charge in [-0.25, -0.2) is 9.97 Å². The van der Waals surface area contributed by atoms with E-state index in [0.29, 0.717) is 22.8 Å². The van der Waals surface area contributed by atoms with E-state index in [-0.39, 0.29) is 17.1 Å². The third-order valence-electron chi connectivity index (χ3n) is 5.27. The molecule has 35 heavy (non-hydrogen) atoms. The summed E-state index contributed by atoms with van der Waals surface area (Å²) in [6.07, 6.45) is 0.549. The molecule has 4 aromatic rings. The molecule has 3 heterocycles. The topological polar surface area (TPSA) is 87.0 Å². The Morgan fingerprint density at radius 2 is 1.71 bits per heavy atom. The lowest BCUT2D eigenvalue weighted by atomic mass is 10.1. The summed E-state index contributed by atoms with van der Waals surface area (Å²) >= 11 is 0. The van der Waals surface area contributed by atoms with Crippen molar-refractivity contribution in [3.63, 3.8) is 0 Å². The van der Waals surface area contributed by atoms with Gasteiger partial charge in [-0.05, 0) is 42.0 Å². The first-order valence-electron chi connectivity index (χ1n) is 10.3. The fraction of sp³-hybridized carbons (Fsp3) is 0.208. The van der Waals surface area contributed by atoms with Crippen molar-refractivity contribution < 1.29 is 32.2 Å². The van der Waals surface area contributed by atoms with Crippen molar-refractivity contribution in [3.8, 4) is 39.8 Å². The van der Waals surface area contributed by atoms with E-state index in [0.717, 1.165) is 11.1 Å². The lowest BCUT2D eigenvalue weighted by Gasteiger charge is -2.16. The zero-order chi connectivity index (χ0) is 25.2. The van der Waals surface area contributed by atoms with E-state index in [2.05, 4.69) is 9.97 Å². The maximum absolute atomic E-state index is 12.6. The molecule has 0 radical (unpaired) electrons. The lowest BCUT2D eigenvalue weighted by Crippen LogP contribution is -2.34. The van der Waals surface area contributed by atoms with Crippen LogP contribution in [0.3, 0.4) is 0 Å². The molecule has 0 saturated carbocycles. The normalized spacial score (nSPS) is 11.4. The Labute approximate surface area is 198 Å². The first-order valence-corrected chi connectivity index (χ1v) is 10.3. The largest absolute Gasteiger partial charge is 0.496 e. The number of hydrogen-bond donors (Lipinski definition) is 1. The number of halogens is 3. The lowest BCUT2D eigenvalue weighted by molar-refractivity contribution is -0.123. The average Bonchev–Trinajstić information content (AvgIpc) is 3.29. The first-order chi connectivity index (χ1) is 16.8. The average molecular weight is 486 g/mol. The second-order valence-corrected chi connectivity index (χ2v) is 7.40. The molecule has 0 bridgehead atoms. The Morgan fingerprint density at radius 1 is 1.00 bits per heavy atom. The molecule has 3 aromatic heterocycles. The van der Waals surface area contributed by atoms with Gasteiger partial charge < -0.3 is 19.5 Å². The van der Waals surface area contributed by atoms with E-state index < -0.39 is 18.6 Å². The van der Waals surface area contributed by atoms with Crippen LogP contribution in [-0.2, 0) is 0 Å². The highest BCUT2D eigenvalue weighted by Crippen LogP contribution is 2.36. The van der Waals surface area contributed by atoms with E-state index in [1.165, 1.54) is 14.2 Å². The number of methoxy groups -OCH3 is 3. The number of aromatic nitrogens is 3. The number of ether oxygens (including phenoxy) is 3. The zero-order valence-corrected chi connectivity index (χ0v) is 19.0. The molecular weight excluding hydrogens is 465 g/mol.